The molecule has 6 aromatic rings. The first-order valence-corrected chi connectivity index (χ1v) is 24.8. The first kappa shape index (κ1) is 53.2. The highest BCUT2D eigenvalue weighted by molar-refractivity contribution is 5.94. The van der Waals surface area contributed by atoms with Crippen LogP contribution in [0.25, 0.3) is 22.3 Å². The molecule has 8 rings (SSSR count). The zero-order chi connectivity index (χ0) is 50.9. The summed E-state index contributed by atoms with van der Waals surface area (Å²) in [6.45, 7) is 43.4. The molecule has 4 nitrogen and oxygen atoms in total. The summed E-state index contributed by atoms with van der Waals surface area (Å²) >= 11 is 0. The molecule has 0 radical (unpaired) electrons. The summed E-state index contributed by atoms with van der Waals surface area (Å²) in [5, 5.41) is 0. The van der Waals surface area contributed by atoms with E-state index in [0.29, 0.717) is 22.6 Å². The first-order chi connectivity index (χ1) is 31.6. The number of carbonyl (C=O) groups is 2. The second-order valence-electron chi connectivity index (χ2n) is 23.1. The van der Waals surface area contributed by atoms with E-state index in [9.17, 15) is 9.59 Å². The third-order valence-corrected chi connectivity index (χ3v) is 13.4. The number of carbonyl (C=O) groups excluding carboxylic acids is 2. The van der Waals surface area contributed by atoms with Gasteiger partial charge < -0.3 is 9.47 Å². The molecule has 0 saturated carbocycles. The van der Waals surface area contributed by atoms with Crippen LogP contribution >= 0.6 is 0 Å². The third kappa shape index (κ3) is 11.1. The van der Waals surface area contributed by atoms with Crippen LogP contribution in [-0.4, -0.2) is 11.9 Å². The van der Waals surface area contributed by atoms with Crippen molar-refractivity contribution in [1.82, 2.24) is 0 Å². The number of fused-ring (bicyclic) bond motifs is 6. The van der Waals surface area contributed by atoms with E-state index in [1.807, 2.05) is 100 Å². The molecular formula is C64H80O4. The van der Waals surface area contributed by atoms with Crippen molar-refractivity contribution in [2.75, 3.05) is 0 Å². The normalized spacial score (nSPS) is 13.9. The van der Waals surface area contributed by atoms with Crippen molar-refractivity contribution in [3.8, 4) is 33.8 Å². The van der Waals surface area contributed by atoms with Crippen LogP contribution in [0.4, 0.5) is 0 Å². The SMILES string of the molecule is CC.CC.CC(C)(C)c1ccc(C(=O)Oc2ccc3c(c2)C(C)(C)c2cc(C(C)(C)C)ccc2-3)cc1.CC(C)(C)c1ccc(OC(=O)c2ccc3c(c2)C(C)(C)c2cc(C(C)(C)C)ccc2-3)cc1. The summed E-state index contributed by atoms with van der Waals surface area (Å²) < 4.78 is 11.5. The van der Waals surface area contributed by atoms with Crippen molar-refractivity contribution in [2.24, 2.45) is 0 Å². The molecule has 0 unspecified atom stereocenters. The van der Waals surface area contributed by atoms with Gasteiger partial charge in [0.1, 0.15) is 11.5 Å². The Kier molecular flexibility index (Phi) is 15.4. The number of benzene rings is 6. The predicted octanol–water partition coefficient (Wildman–Crippen LogP) is 17.7. The lowest BCUT2D eigenvalue weighted by Gasteiger charge is -2.25. The van der Waals surface area contributed by atoms with Gasteiger partial charge in [-0.2, -0.15) is 0 Å². The molecule has 360 valence electrons. The Morgan fingerprint density at radius 3 is 1.03 bits per heavy atom. The highest BCUT2D eigenvalue weighted by Gasteiger charge is 2.38. The molecule has 6 aromatic carbocycles. The van der Waals surface area contributed by atoms with E-state index in [4.69, 9.17) is 9.47 Å². The van der Waals surface area contributed by atoms with Crippen LogP contribution in [0, 0.1) is 0 Å². The lowest BCUT2D eigenvalue weighted by Crippen LogP contribution is -2.18. The fourth-order valence-corrected chi connectivity index (χ4v) is 9.04. The molecule has 0 aromatic heterocycles. The van der Waals surface area contributed by atoms with Gasteiger partial charge in [-0.25, -0.2) is 9.59 Å². The number of hydrogen-bond donors (Lipinski definition) is 0. The zero-order valence-corrected chi connectivity index (χ0v) is 45.2. The zero-order valence-electron chi connectivity index (χ0n) is 45.2. The minimum absolute atomic E-state index is 0.0515. The van der Waals surface area contributed by atoms with Gasteiger partial charge in [0.05, 0.1) is 11.1 Å². The first-order valence-electron chi connectivity index (χ1n) is 24.8. The van der Waals surface area contributed by atoms with Crippen molar-refractivity contribution < 1.29 is 19.1 Å². The maximum Gasteiger partial charge on any atom is 0.343 e. The standard InChI is InChI=1S/2C30H34O2.2C2H6/c1-28(2,3)20-10-13-22(14-11-20)32-27(31)19-9-15-23-24-16-12-21(29(4,5)6)18-26(24)30(7,8)25(23)17-19;1-28(2,3)20-11-9-19(10-12-20)27(31)32-22-14-16-24-23-15-13-21(29(4,5)6)17-25(23)30(7,8)26(24)18-22;2*1-2/h2*9-18H,1-8H3;2*1-2H3. The van der Waals surface area contributed by atoms with E-state index in [0.717, 1.165) is 0 Å². The van der Waals surface area contributed by atoms with Crippen LogP contribution in [0.2, 0.25) is 0 Å². The van der Waals surface area contributed by atoms with Crippen molar-refractivity contribution in [3.63, 3.8) is 0 Å². The van der Waals surface area contributed by atoms with Gasteiger partial charge in [0, 0.05) is 10.8 Å². The van der Waals surface area contributed by atoms with E-state index in [2.05, 4.69) is 159 Å². The molecule has 0 bridgehead atoms. The quantitative estimate of drug-likeness (QED) is 0.131. The molecule has 0 spiro atoms. The second kappa shape index (κ2) is 19.7. The minimum Gasteiger partial charge on any atom is -0.423 e. The molecule has 0 fully saturated rings. The Morgan fingerprint density at radius 1 is 0.338 bits per heavy atom. The van der Waals surface area contributed by atoms with Crippen LogP contribution in [-0.2, 0) is 32.5 Å². The van der Waals surface area contributed by atoms with E-state index >= 15 is 0 Å². The summed E-state index contributed by atoms with van der Waals surface area (Å²) in [5.74, 6) is 0.513. The van der Waals surface area contributed by atoms with Gasteiger partial charge in [-0.1, -0.05) is 211 Å². The van der Waals surface area contributed by atoms with Crippen LogP contribution in [0.3, 0.4) is 0 Å². The smallest absolute Gasteiger partial charge is 0.343 e. The minimum atomic E-state index is -0.325. The molecule has 68 heavy (non-hydrogen) atoms. The van der Waals surface area contributed by atoms with E-state index in [1.54, 1.807) is 0 Å². The largest absolute Gasteiger partial charge is 0.423 e. The molecule has 0 atom stereocenters. The summed E-state index contributed by atoms with van der Waals surface area (Å²) in [7, 11) is 0. The maximum atomic E-state index is 12.9. The Labute approximate surface area is 410 Å². The summed E-state index contributed by atoms with van der Waals surface area (Å²) in [4.78, 5) is 25.7. The molecule has 0 amide bonds. The van der Waals surface area contributed by atoms with Crippen molar-refractivity contribution in [3.05, 3.63) is 177 Å². The molecule has 0 heterocycles. The van der Waals surface area contributed by atoms with Crippen LogP contribution in [0.5, 0.6) is 11.5 Å². The molecular weight excluding hydrogens is 833 g/mol. The van der Waals surface area contributed by atoms with Gasteiger partial charge in [-0.3, -0.25) is 0 Å². The monoisotopic (exact) mass is 913 g/mol. The lowest BCUT2D eigenvalue weighted by atomic mass is 9.79. The fourth-order valence-electron chi connectivity index (χ4n) is 9.04. The van der Waals surface area contributed by atoms with E-state index in [1.165, 1.54) is 66.8 Å². The Balaban J connectivity index is 0.000000237. The van der Waals surface area contributed by atoms with Crippen LogP contribution in [0.1, 0.15) is 204 Å². The Hall–Kier alpha value is -5.74. The van der Waals surface area contributed by atoms with Gasteiger partial charge in [-0.15, -0.1) is 0 Å². The van der Waals surface area contributed by atoms with Gasteiger partial charge >= 0.3 is 11.9 Å². The van der Waals surface area contributed by atoms with Gasteiger partial charge in [0.2, 0.25) is 0 Å². The van der Waals surface area contributed by atoms with Crippen LogP contribution in [0.15, 0.2) is 121 Å². The van der Waals surface area contributed by atoms with E-state index in [-0.39, 0.29) is 44.4 Å². The summed E-state index contributed by atoms with van der Waals surface area (Å²) in [5.41, 5.74) is 16.2. The third-order valence-electron chi connectivity index (χ3n) is 13.4. The van der Waals surface area contributed by atoms with Gasteiger partial charge in [0.25, 0.3) is 0 Å². The second-order valence-corrected chi connectivity index (χ2v) is 23.1. The average Bonchev–Trinajstić information content (AvgIpc) is 3.65. The van der Waals surface area contributed by atoms with Gasteiger partial charge in [0.15, 0.2) is 0 Å². The number of esters is 2. The molecule has 2 aliphatic rings. The molecule has 2 aliphatic carbocycles. The summed E-state index contributed by atoms with van der Waals surface area (Å²) in [6.07, 6.45) is 0. The van der Waals surface area contributed by atoms with Gasteiger partial charge in [-0.05, 0) is 137 Å². The molecule has 0 aliphatic heterocycles. The van der Waals surface area contributed by atoms with Crippen LogP contribution < -0.4 is 9.47 Å². The highest BCUT2D eigenvalue weighted by atomic mass is 16.5. The molecule has 0 saturated heterocycles. The number of ether oxygens (including phenoxy) is 2. The highest BCUT2D eigenvalue weighted by Crippen LogP contribution is 2.52. The number of hydrogen-bond acceptors (Lipinski definition) is 4. The van der Waals surface area contributed by atoms with Crippen molar-refractivity contribution >= 4 is 11.9 Å². The molecule has 4 heteroatoms. The number of rotatable bonds is 4. The topological polar surface area (TPSA) is 52.6 Å². The van der Waals surface area contributed by atoms with Crippen molar-refractivity contribution in [2.45, 2.75) is 171 Å². The molecule has 0 N–H and O–H groups in total. The maximum absolute atomic E-state index is 12.9. The van der Waals surface area contributed by atoms with Crippen molar-refractivity contribution in [1.29, 1.82) is 0 Å². The average molecular weight is 913 g/mol. The predicted molar refractivity (Wildman–Crippen MR) is 288 cm³/mol. The Morgan fingerprint density at radius 2 is 0.618 bits per heavy atom. The summed E-state index contributed by atoms with van der Waals surface area (Å²) in [6, 6.07) is 41.1. The Bertz CT molecular complexity index is 2750. The fraction of sp³-hybridized carbons (Fsp3) is 0.406. The van der Waals surface area contributed by atoms with E-state index < -0.39 is 0 Å². The lowest BCUT2D eigenvalue weighted by molar-refractivity contribution is 0.0725.